The molecule has 0 spiro atoms. The highest BCUT2D eigenvalue weighted by atomic mass is 32.1. The molecule has 0 saturated heterocycles. The topological polar surface area (TPSA) is 88.4 Å². The summed E-state index contributed by atoms with van der Waals surface area (Å²) in [5, 5.41) is 0. The Balaban J connectivity index is 1.64. The third kappa shape index (κ3) is 4.40. The van der Waals surface area contributed by atoms with Crippen LogP contribution in [0.1, 0.15) is 29.7 Å². The lowest BCUT2D eigenvalue weighted by molar-refractivity contribution is -0.138. The molecule has 0 bridgehead atoms. The average Bonchev–Trinajstić information content (AvgIpc) is 3.56. The number of rotatable bonds is 6. The monoisotopic (exact) mass is 540 g/mol. The number of benzene rings is 3. The molecule has 0 N–H and O–H groups in total. The molecule has 0 amide bonds. The molecule has 6 rings (SSSR count). The molecule has 2 aliphatic heterocycles. The van der Waals surface area contributed by atoms with Crippen LogP contribution in [0.15, 0.2) is 88.2 Å². The van der Waals surface area contributed by atoms with Gasteiger partial charge in [0.25, 0.3) is 5.56 Å². The molecule has 1 unspecified atom stereocenters. The fourth-order valence-corrected chi connectivity index (χ4v) is 5.78. The average molecular weight is 541 g/mol. The molecule has 2 aliphatic rings. The summed E-state index contributed by atoms with van der Waals surface area (Å²) in [4.78, 5) is 32.9. The van der Waals surface area contributed by atoms with Crippen LogP contribution in [0.3, 0.4) is 0 Å². The zero-order valence-electron chi connectivity index (χ0n) is 21.2. The number of carbonyl (C=O) groups is 1. The predicted molar refractivity (Wildman–Crippen MR) is 147 cm³/mol. The van der Waals surface area contributed by atoms with Crippen LogP contribution in [-0.4, -0.2) is 31.0 Å². The van der Waals surface area contributed by atoms with Gasteiger partial charge in [-0.15, -0.1) is 0 Å². The van der Waals surface area contributed by atoms with Gasteiger partial charge in [0.1, 0.15) is 11.8 Å². The van der Waals surface area contributed by atoms with Crippen LogP contribution in [0, 0.1) is 0 Å². The van der Waals surface area contributed by atoms with Gasteiger partial charge in [0.2, 0.25) is 6.79 Å². The van der Waals surface area contributed by atoms with Crippen molar-refractivity contribution in [1.29, 1.82) is 0 Å². The number of hydrogen-bond acceptors (Lipinski definition) is 8. The van der Waals surface area contributed by atoms with E-state index in [1.165, 1.54) is 11.3 Å². The molecule has 3 heterocycles. The fraction of sp³-hybridized carbons (Fsp3) is 0.167. The largest absolute Gasteiger partial charge is 0.496 e. The normalized spacial score (nSPS) is 16.1. The SMILES string of the molecule is CCOC(=O)C1=C(c2ccccc2)N=c2s/c(=C/c3ccc4c(c3)OCO4)c(=O)n2C1c1ccccc1OC. The van der Waals surface area contributed by atoms with E-state index >= 15 is 0 Å². The van der Waals surface area contributed by atoms with Gasteiger partial charge in [-0.1, -0.05) is 65.9 Å². The highest BCUT2D eigenvalue weighted by molar-refractivity contribution is 7.07. The summed E-state index contributed by atoms with van der Waals surface area (Å²) >= 11 is 1.26. The first-order chi connectivity index (χ1) is 19.1. The number of para-hydroxylation sites is 1. The molecule has 39 heavy (non-hydrogen) atoms. The molecule has 4 aromatic rings. The molecule has 9 heteroatoms. The van der Waals surface area contributed by atoms with Crippen LogP contribution in [0.2, 0.25) is 0 Å². The van der Waals surface area contributed by atoms with Crippen molar-refractivity contribution in [1.82, 2.24) is 4.57 Å². The minimum atomic E-state index is -0.814. The summed E-state index contributed by atoms with van der Waals surface area (Å²) in [6.07, 6.45) is 1.79. The molecule has 3 aromatic carbocycles. The van der Waals surface area contributed by atoms with E-state index in [2.05, 4.69) is 0 Å². The third-order valence-corrected chi connectivity index (χ3v) is 7.48. The number of methoxy groups -OCH3 is 1. The van der Waals surface area contributed by atoms with Gasteiger partial charge in [-0.2, -0.15) is 0 Å². The Morgan fingerprint density at radius 2 is 1.85 bits per heavy atom. The van der Waals surface area contributed by atoms with Crippen LogP contribution in [-0.2, 0) is 9.53 Å². The number of carbonyl (C=O) groups excluding carboxylic acids is 1. The number of hydrogen-bond donors (Lipinski definition) is 0. The van der Waals surface area contributed by atoms with Crippen molar-refractivity contribution in [2.45, 2.75) is 13.0 Å². The molecular formula is C30H24N2O6S. The fourth-order valence-electron chi connectivity index (χ4n) is 4.78. The second-order valence-corrected chi connectivity index (χ2v) is 9.80. The van der Waals surface area contributed by atoms with Crippen molar-refractivity contribution in [2.24, 2.45) is 4.99 Å². The van der Waals surface area contributed by atoms with E-state index in [4.69, 9.17) is 23.9 Å². The van der Waals surface area contributed by atoms with Gasteiger partial charge in [-0.05, 0) is 36.8 Å². The first-order valence-corrected chi connectivity index (χ1v) is 13.2. The summed E-state index contributed by atoms with van der Waals surface area (Å²) in [6, 6.07) is 21.5. The van der Waals surface area contributed by atoms with E-state index in [9.17, 15) is 9.59 Å². The first-order valence-electron chi connectivity index (χ1n) is 12.4. The smallest absolute Gasteiger partial charge is 0.338 e. The predicted octanol–water partition coefficient (Wildman–Crippen LogP) is 3.67. The van der Waals surface area contributed by atoms with Crippen LogP contribution >= 0.6 is 11.3 Å². The van der Waals surface area contributed by atoms with Gasteiger partial charge in [-0.3, -0.25) is 9.36 Å². The maximum atomic E-state index is 14.0. The van der Waals surface area contributed by atoms with Crippen LogP contribution in [0.25, 0.3) is 11.8 Å². The second kappa shape index (κ2) is 10.3. The summed E-state index contributed by atoms with van der Waals surface area (Å²) in [5.41, 5.74) is 2.64. The Labute approximate surface area is 227 Å². The van der Waals surface area contributed by atoms with E-state index in [1.54, 1.807) is 24.7 Å². The zero-order chi connectivity index (χ0) is 26.9. The zero-order valence-corrected chi connectivity index (χ0v) is 22.1. The van der Waals surface area contributed by atoms with Gasteiger partial charge in [0.05, 0.1) is 29.5 Å². The first kappa shape index (κ1) is 24.7. The Morgan fingerprint density at radius 3 is 2.64 bits per heavy atom. The number of aromatic nitrogens is 1. The van der Waals surface area contributed by atoms with E-state index < -0.39 is 12.0 Å². The van der Waals surface area contributed by atoms with Gasteiger partial charge in [0.15, 0.2) is 16.3 Å². The van der Waals surface area contributed by atoms with Crippen LogP contribution in [0.5, 0.6) is 17.2 Å². The minimum Gasteiger partial charge on any atom is -0.496 e. The van der Waals surface area contributed by atoms with Gasteiger partial charge in [0, 0.05) is 11.1 Å². The lowest BCUT2D eigenvalue weighted by Gasteiger charge is -2.27. The summed E-state index contributed by atoms with van der Waals surface area (Å²) < 4.78 is 24.1. The van der Waals surface area contributed by atoms with Gasteiger partial charge < -0.3 is 18.9 Å². The quantitative estimate of drug-likeness (QED) is 0.347. The van der Waals surface area contributed by atoms with E-state index in [1.807, 2.05) is 72.8 Å². The van der Waals surface area contributed by atoms with E-state index in [0.717, 1.165) is 11.1 Å². The van der Waals surface area contributed by atoms with Crippen molar-refractivity contribution >= 4 is 29.1 Å². The van der Waals surface area contributed by atoms with Gasteiger partial charge >= 0.3 is 5.97 Å². The molecule has 1 atom stereocenters. The molecule has 0 fully saturated rings. The summed E-state index contributed by atoms with van der Waals surface area (Å²) in [6.45, 7) is 2.09. The standard InChI is InChI=1S/C30H24N2O6S/c1-3-36-29(34)25-26(19-9-5-4-6-10-19)31-30-32(27(25)20-11-7-8-12-21(20)35-2)28(33)24(39-30)16-18-13-14-22-23(15-18)38-17-37-22/h4-16,27H,3,17H2,1-2H3/b24-16+. The lowest BCUT2D eigenvalue weighted by atomic mass is 9.92. The Morgan fingerprint density at radius 1 is 1.08 bits per heavy atom. The van der Waals surface area contributed by atoms with Crippen molar-refractivity contribution in [3.8, 4) is 17.2 Å². The lowest BCUT2D eigenvalue weighted by Crippen LogP contribution is -2.40. The van der Waals surface area contributed by atoms with Crippen molar-refractivity contribution in [3.63, 3.8) is 0 Å². The van der Waals surface area contributed by atoms with Crippen LogP contribution < -0.4 is 29.1 Å². The minimum absolute atomic E-state index is 0.165. The molecule has 0 saturated carbocycles. The maximum Gasteiger partial charge on any atom is 0.338 e. The van der Waals surface area contributed by atoms with Gasteiger partial charge in [-0.25, -0.2) is 9.79 Å². The highest BCUT2D eigenvalue weighted by Gasteiger charge is 2.36. The van der Waals surface area contributed by atoms with Crippen LogP contribution in [0.4, 0.5) is 0 Å². The Hall–Kier alpha value is -4.63. The Bertz CT molecular complexity index is 1790. The number of thiazole rings is 1. The number of fused-ring (bicyclic) bond motifs is 2. The highest BCUT2D eigenvalue weighted by Crippen LogP contribution is 2.38. The molecular weight excluding hydrogens is 516 g/mol. The second-order valence-electron chi connectivity index (χ2n) is 8.79. The molecule has 1 aromatic heterocycles. The molecule has 0 radical (unpaired) electrons. The Kier molecular flexibility index (Phi) is 6.50. The van der Waals surface area contributed by atoms with Crippen molar-refractivity contribution < 1.29 is 23.7 Å². The maximum absolute atomic E-state index is 14.0. The van der Waals surface area contributed by atoms with Crippen molar-refractivity contribution in [3.05, 3.63) is 115 Å². The summed E-state index contributed by atoms with van der Waals surface area (Å²) in [7, 11) is 1.56. The molecule has 8 nitrogen and oxygen atoms in total. The molecule has 196 valence electrons. The number of esters is 1. The van der Waals surface area contributed by atoms with E-state index in [0.29, 0.717) is 37.8 Å². The summed E-state index contributed by atoms with van der Waals surface area (Å²) in [5.74, 6) is 1.29. The van der Waals surface area contributed by atoms with E-state index in [-0.39, 0.29) is 24.5 Å². The van der Waals surface area contributed by atoms with Crippen molar-refractivity contribution in [2.75, 3.05) is 20.5 Å². The number of nitrogens with zero attached hydrogens (tertiary/aromatic N) is 2. The number of ether oxygens (including phenoxy) is 4. The third-order valence-electron chi connectivity index (χ3n) is 6.50. The molecule has 0 aliphatic carbocycles.